The molecule has 0 saturated heterocycles. The molecule has 0 fully saturated rings. The standard InChI is InChI=1S/C6H13NO2/c1-6(2,3)4(8)5(7)9/h4,8H,1-3H3,(H2,7,9). The number of carbonyl (C=O) groups excluding carboxylic acids is 1. The van der Waals surface area contributed by atoms with Crippen LogP contribution in [0.2, 0.25) is 0 Å². The summed E-state index contributed by atoms with van der Waals surface area (Å²) in [6.07, 6.45) is -1.04. The molecule has 54 valence electrons. The zero-order valence-corrected chi connectivity index (χ0v) is 6.01. The molecule has 3 N–H and O–H groups in total. The van der Waals surface area contributed by atoms with E-state index in [1.165, 1.54) is 0 Å². The quantitative estimate of drug-likeness (QED) is 0.521. The summed E-state index contributed by atoms with van der Waals surface area (Å²) in [7, 11) is 0. The van der Waals surface area contributed by atoms with Gasteiger partial charge in [0.25, 0.3) is 0 Å². The third-order valence-electron chi connectivity index (χ3n) is 1.09. The van der Waals surface area contributed by atoms with E-state index in [1.807, 2.05) is 0 Å². The van der Waals surface area contributed by atoms with Crippen LogP contribution in [0.25, 0.3) is 0 Å². The molecule has 0 heterocycles. The van der Waals surface area contributed by atoms with Crippen molar-refractivity contribution in [1.29, 1.82) is 0 Å². The summed E-state index contributed by atoms with van der Waals surface area (Å²) in [5.41, 5.74) is 4.39. The Morgan fingerprint density at radius 2 is 1.89 bits per heavy atom. The summed E-state index contributed by atoms with van der Waals surface area (Å²) in [6, 6.07) is 0. The highest BCUT2D eigenvalue weighted by Gasteiger charge is 2.26. The maximum atomic E-state index is 10.3. The van der Waals surface area contributed by atoms with E-state index >= 15 is 0 Å². The number of nitrogens with two attached hydrogens (primary N) is 1. The Hall–Kier alpha value is -0.570. The van der Waals surface area contributed by atoms with Crippen molar-refractivity contribution in [1.82, 2.24) is 0 Å². The summed E-state index contributed by atoms with van der Waals surface area (Å²) in [5, 5.41) is 8.99. The molecule has 1 atom stereocenters. The number of primary amides is 1. The van der Waals surface area contributed by atoms with Crippen LogP contribution < -0.4 is 5.73 Å². The molecule has 1 unspecified atom stereocenters. The number of amides is 1. The van der Waals surface area contributed by atoms with Crippen molar-refractivity contribution >= 4 is 5.91 Å². The van der Waals surface area contributed by atoms with Crippen LogP contribution >= 0.6 is 0 Å². The van der Waals surface area contributed by atoms with Crippen LogP contribution in [0.3, 0.4) is 0 Å². The first-order valence-corrected chi connectivity index (χ1v) is 2.83. The van der Waals surface area contributed by atoms with Crippen LogP contribution in [-0.2, 0) is 4.79 Å². The zero-order valence-electron chi connectivity index (χ0n) is 6.01. The van der Waals surface area contributed by atoms with Crippen molar-refractivity contribution in [3.8, 4) is 0 Å². The Morgan fingerprint density at radius 3 is 1.89 bits per heavy atom. The second-order valence-corrected chi connectivity index (χ2v) is 3.17. The molecule has 3 heteroatoms. The van der Waals surface area contributed by atoms with E-state index in [1.54, 1.807) is 20.8 Å². The number of carbonyl (C=O) groups is 1. The molecule has 0 aliphatic carbocycles. The van der Waals surface area contributed by atoms with Gasteiger partial charge in [-0.1, -0.05) is 20.8 Å². The molecule has 1 amide bonds. The van der Waals surface area contributed by atoms with E-state index in [0.717, 1.165) is 0 Å². The Morgan fingerprint density at radius 1 is 1.56 bits per heavy atom. The molecule has 0 aromatic rings. The normalized spacial score (nSPS) is 15.1. The van der Waals surface area contributed by atoms with Crippen molar-refractivity contribution in [3.63, 3.8) is 0 Å². The highest BCUT2D eigenvalue weighted by molar-refractivity contribution is 5.79. The van der Waals surface area contributed by atoms with Gasteiger partial charge in [0.1, 0.15) is 6.10 Å². The second-order valence-electron chi connectivity index (χ2n) is 3.17. The van der Waals surface area contributed by atoms with Crippen molar-refractivity contribution in [3.05, 3.63) is 0 Å². The Labute approximate surface area is 54.9 Å². The van der Waals surface area contributed by atoms with Crippen molar-refractivity contribution in [2.45, 2.75) is 26.9 Å². The minimum atomic E-state index is -1.04. The Kier molecular flexibility index (Phi) is 2.20. The van der Waals surface area contributed by atoms with Gasteiger partial charge < -0.3 is 10.8 Å². The number of rotatable bonds is 1. The minimum absolute atomic E-state index is 0.439. The number of hydrogen-bond donors (Lipinski definition) is 2. The largest absolute Gasteiger partial charge is 0.383 e. The summed E-state index contributed by atoms with van der Waals surface area (Å²) in [6.45, 7) is 5.26. The van der Waals surface area contributed by atoms with E-state index in [2.05, 4.69) is 0 Å². The van der Waals surface area contributed by atoms with E-state index < -0.39 is 17.4 Å². The lowest BCUT2D eigenvalue weighted by Gasteiger charge is -2.22. The lowest BCUT2D eigenvalue weighted by Crippen LogP contribution is -2.38. The maximum Gasteiger partial charge on any atom is 0.246 e. The second kappa shape index (κ2) is 2.35. The highest BCUT2D eigenvalue weighted by atomic mass is 16.3. The fourth-order valence-corrected chi connectivity index (χ4v) is 0.427. The van der Waals surface area contributed by atoms with Gasteiger partial charge >= 0.3 is 0 Å². The number of aliphatic hydroxyl groups excluding tert-OH is 1. The summed E-state index contributed by atoms with van der Waals surface area (Å²) in [4.78, 5) is 10.3. The molecular weight excluding hydrogens is 118 g/mol. The van der Waals surface area contributed by atoms with Gasteiger partial charge in [0.05, 0.1) is 0 Å². The Bertz CT molecular complexity index is 115. The summed E-state index contributed by atoms with van der Waals surface area (Å²) < 4.78 is 0. The molecule has 0 saturated carbocycles. The average Bonchev–Trinajstić information content (AvgIpc) is 1.62. The average molecular weight is 131 g/mol. The van der Waals surface area contributed by atoms with Crippen LogP contribution in [-0.4, -0.2) is 17.1 Å². The SMILES string of the molecule is CC(C)(C)C(O)C(N)=O. The van der Waals surface area contributed by atoms with Crippen LogP contribution in [0.4, 0.5) is 0 Å². The molecule has 0 aromatic carbocycles. The monoisotopic (exact) mass is 131 g/mol. The van der Waals surface area contributed by atoms with Gasteiger partial charge in [0, 0.05) is 0 Å². The molecule has 0 bridgehead atoms. The van der Waals surface area contributed by atoms with Gasteiger partial charge in [0.2, 0.25) is 5.91 Å². The number of hydrogen-bond acceptors (Lipinski definition) is 2. The predicted molar refractivity (Wildman–Crippen MR) is 34.7 cm³/mol. The van der Waals surface area contributed by atoms with E-state index in [0.29, 0.717) is 0 Å². The van der Waals surface area contributed by atoms with E-state index in [9.17, 15) is 4.79 Å². The third-order valence-corrected chi connectivity index (χ3v) is 1.09. The lowest BCUT2D eigenvalue weighted by atomic mass is 9.89. The smallest absolute Gasteiger partial charge is 0.246 e. The number of aliphatic hydroxyl groups is 1. The molecule has 0 radical (unpaired) electrons. The maximum absolute atomic E-state index is 10.3. The molecule has 0 spiro atoms. The first kappa shape index (κ1) is 8.43. The summed E-state index contributed by atoms with van der Waals surface area (Å²) in [5.74, 6) is -0.664. The van der Waals surface area contributed by atoms with E-state index in [4.69, 9.17) is 10.8 Å². The van der Waals surface area contributed by atoms with Gasteiger partial charge in [-0.3, -0.25) is 4.79 Å². The molecule has 0 aromatic heterocycles. The fraction of sp³-hybridized carbons (Fsp3) is 0.833. The van der Waals surface area contributed by atoms with Crippen LogP contribution in [0, 0.1) is 5.41 Å². The van der Waals surface area contributed by atoms with Crippen molar-refractivity contribution in [2.75, 3.05) is 0 Å². The Balaban J connectivity index is 4.04. The molecule has 0 aliphatic rings. The third kappa shape index (κ3) is 2.46. The van der Waals surface area contributed by atoms with Crippen LogP contribution in [0.1, 0.15) is 20.8 Å². The van der Waals surface area contributed by atoms with Gasteiger partial charge in [0.15, 0.2) is 0 Å². The molecule has 9 heavy (non-hydrogen) atoms. The van der Waals surface area contributed by atoms with Gasteiger partial charge in [-0.15, -0.1) is 0 Å². The van der Waals surface area contributed by atoms with Crippen molar-refractivity contribution < 1.29 is 9.90 Å². The minimum Gasteiger partial charge on any atom is -0.383 e. The molecule has 0 aliphatic heterocycles. The summed E-state index contributed by atoms with van der Waals surface area (Å²) >= 11 is 0. The topological polar surface area (TPSA) is 63.3 Å². The predicted octanol–water partition coefficient (Wildman–Crippen LogP) is -0.121. The lowest BCUT2D eigenvalue weighted by molar-refractivity contribution is -0.131. The molecule has 3 nitrogen and oxygen atoms in total. The van der Waals surface area contributed by atoms with Crippen LogP contribution in [0.15, 0.2) is 0 Å². The zero-order chi connectivity index (χ0) is 7.65. The highest BCUT2D eigenvalue weighted by Crippen LogP contribution is 2.17. The van der Waals surface area contributed by atoms with Gasteiger partial charge in [-0.2, -0.15) is 0 Å². The van der Waals surface area contributed by atoms with E-state index in [-0.39, 0.29) is 0 Å². The first-order valence-electron chi connectivity index (χ1n) is 2.83. The molecular formula is C6H13NO2. The van der Waals surface area contributed by atoms with Gasteiger partial charge in [-0.25, -0.2) is 0 Å². The van der Waals surface area contributed by atoms with Crippen LogP contribution in [0.5, 0.6) is 0 Å². The first-order chi connectivity index (χ1) is 3.85. The van der Waals surface area contributed by atoms with Gasteiger partial charge in [-0.05, 0) is 5.41 Å². The fourth-order valence-electron chi connectivity index (χ4n) is 0.427. The van der Waals surface area contributed by atoms with Crippen molar-refractivity contribution in [2.24, 2.45) is 11.1 Å². The molecule has 0 rings (SSSR count).